The summed E-state index contributed by atoms with van der Waals surface area (Å²) < 4.78 is 32.2. The lowest BCUT2D eigenvalue weighted by atomic mass is 10.1. The van der Waals surface area contributed by atoms with E-state index in [1.165, 1.54) is 23.8 Å². The molecule has 158 valence electrons. The van der Waals surface area contributed by atoms with Crippen molar-refractivity contribution in [2.45, 2.75) is 44.0 Å². The zero-order chi connectivity index (χ0) is 21.3. The van der Waals surface area contributed by atoms with Crippen LogP contribution in [0.25, 0.3) is 0 Å². The van der Waals surface area contributed by atoms with E-state index in [0.29, 0.717) is 13.0 Å². The van der Waals surface area contributed by atoms with Gasteiger partial charge in [-0.25, -0.2) is 13.1 Å². The second-order valence-corrected chi connectivity index (χ2v) is 8.95. The molecule has 0 aromatic heterocycles. The van der Waals surface area contributed by atoms with Gasteiger partial charge in [0.2, 0.25) is 10.0 Å². The Morgan fingerprint density at radius 3 is 2.55 bits per heavy atom. The number of carbonyl (C=O) groups is 1. The summed E-state index contributed by atoms with van der Waals surface area (Å²) in [6.45, 7) is 3.97. The van der Waals surface area contributed by atoms with Gasteiger partial charge < -0.3 is 10.1 Å². The Labute approximate surface area is 177 Å². The van der Waals surface area contributed by atoms with E-state index in [1.807, 2.05) is 32.0 Å². The summed E-state index contributed by atoms with van der Waals surface area (Å²) in [6.07, 6.45) is 2.37. The Morgan fingerprint density at radius 2 is 1.90 bits per heavy atom. The Morgan fingerprint density at radius 1 is 1.17 bits per heavy atom. The number of ether oxygens (including phenoxy) is 1. The summed E-state index contributed by atoms with van der Waals surface area (Å²) >= 11 is 6.13. The van der Waals surface area contributed by atoms with Gasteiger partial charge in [0, 0.05) is 12.6 Å². The average Bonchev–Trinajstić information content (AvgIpc) is 2.70. The standard InChI is InChI=1S/C21H27ClN2O4S/c1-3-13-23-29(26,27)18-11-12-20(19(22)14-18)28-15-21(25)24-16(2)9-10-17-7-5-4-6-8-17/h4-8,11-12,14,16,23H,3,9-10,13,15H2,1-2H3,(H,24,25)/t16-/m1/s1. The van der Waals surface area contributed by atoms with Crippen LogP contribution in [0.4, 0.5) is 0 Å². The molecule has 1 amide bonds. The molecule has 0 aliphatic heterocycles. The largest absolute Gasteiger partial charge is 0.482 e. The highest BCUT2D eigenvalue weighted by Crippen LogP contribution is 2.27. The molecule has 0 bridgehead atoms. The van der Waals surface area contributed by atoms with Crippen LogP contribution < -0.4 is 14.8 Å². The van der Waals surface area contributed by atoms with E-state index in [2.05, 4.69) is 22.2 Å². The van der Waals surface area contributed by atoms with Crippen molar-refractivity contribution in [1.82, 2.24) is 10.0 Å². The summed E-state index contributed by atoms with van der Waals surface area (Å²) in [5.74, 6) is -0.00358. The first-order valence-corrected chi connectivity index (χ1v) is 11.4. The molecule has 2 N–H and O–H groups in total. The third kappa shape index (κ3) is 7.68. The van der Waals surface area contributed by atoms with Crippen molar-refractivity contribution in [2.75, 3.05) is 13.2 Å². The SMILES string of the molecule is CCCNS(=O)(=O)c1ccc(OCC(=O)N[C@H](C)CCc2ccccc2)c(Cl)c1. The van der Waals surface area contributed by atoms with Crippen LogP contribution in [-0.2, 0) is 21.2 Å². The molecular formula is C21H27ClN2O4S. The second kappa shape index (κ2) is 11.2. The van der Waals surface area contributed by atoms with Crippen LogP contribution in [0.5, 0.6) is 5.75 Å². The zero-order valence-electron chi connectivity index (χ0n) is 16.7. The van der Waals surface area contributed by atoms with E-state index >= 15 is 0 Å². The fourth-order valence-corrected chi connectivity index (χ4v) is 4.10. The minimum absolute atomic E-state index is 0.000984. The molecule has 8 heteroatoms. The van der Waals surface area contributed by atoms with Gasteiger partial charge in [-0.1, -0.05) is 48.9 Å². The summed E-state index contributed by atoms with van der Waals surface area (Å²) in [5.41, 5.74) is 1.22. The highest BCUT2D eigenvalue weighted by atomic mass is 35.5. The number of nitrogens with one attached hydrogen (secondary N) is 2. The molecule has 2 aromatic rings. The summed E-state index contributed by atoms with van der Waals surface area (Å²) in [4.78, 5) is 12.2. The molecule has 0 spiro atoms. The zero-order valence-corrected chi connectivity index (χ0v) is 18.2. The van der Waals surface area contributed by atoms with E-state index in [-0.39, 0.29) is 34.2 Å². The number of hydrogen-bond acceptors (Lipinski definition) is 4. The van der Waals surface area contributed by atoms with Crippen molar-refractivity contribution in [1.29, 1.82) is 0 Å². The first-order chi connectivity index (χ1) is 13.8. The molecule has 29 heavy (non-hydrogen) atoms. The molecule has 0 heterocycles. The van der Waals surface area contributed by atoms with Gasteiger partial charge in [-0.15, -0.1) is 0 Å². The smallest absolute Gasteiger partial charge is 0.258 e. The molecule has 0 saturated heterocycles. The number of hydrogen-bond donors (Lipinski definition) is 2. The fourth-order valence-electron chi connectivity index (χ4n) is 2.65. The molecule has 2 aromatic carbocycles. The van der Waals surface area contributed by atoms with Crippen molar-refractivity contribution < 1.29 is 17.9 Å². The Balaban J connectivity index is 1.83. The van der Waals surface area contributed by atoms with E-state index in [9.17, 15) is 13.2 Å². The van der Waals surface area contributed by atoms with Gasteiger partial charge in [-0.05, 0) is 49.9 Å². The minimum Gasteiger partial charge on any atom is -0.482 e. The summed E-state index contributed by atoms with van der Waals surface area (Å²) in [5, 5.41) is 3.02. The fraction of sp³-hybridized carbons (Fsp3) is 0.381. The van der Waals surface area contributed by atoms with Gasteiger partial charge in [-0.3, -0.25) is 4.79 Å². The topological polar surface area (TPSA) is 84.5 Å². The van der Waals surface area contributed by atoms with Gasteiger partial charge in [-0.2, -0.15) is 0 Å². The van der Waals surface area contributed by atoms with Crippen molar-refractivity contribution in [3.05, 3.63) is 59.1 Å². The minimum atomic E-state index is -3.61. The number of halogens is 1. The predicted octanol–water partition coefficient (Wildman–Crippen LogP) is 3.54. The lowest BCUT2D eigenvalue weighted by Gasteiger charge is -2.15. The number of rotatable bonds is 11. The number of amides is 1. The summed E-state index contributed by atoms with van der Waals surface area (Å²) in [7, 11) is -3.61. The van der Waals surface area contributed by atoms with E-state index in [1.54, 1.807) is 0 Å². The second-order valence-electron chi connectivity index (χ2n) is 6.77. The number of benzene rings is 2. The van der Waals surface area contributed by atoms with Crippen LogP contribution in [-0.4, -0.2) is 33.5 Å². The molecule has 0 radical (unpaired) electrons. The van der Waals surface area contributed by atoms with Gasteiger partial charge >= 0.3 is 0 Å². The molecule has 0 aliphatic carbocycles. The van der Waals surface area contributed by atoms with Crippen LogP contribution in [0.3, 0.4) is 0 Å². The first-order valence-electron chi connectivity index (χ1n) is 9.57. The normalized spacial score (nSPS) is 12.4. The Bertz CT molecular complexity index is 904. The molecule has 0 saturated carbocycles. The molecule has 6 nitrogen and oxygen atoms in total. The monoisotopic (exact) mass is 438 g/mol. The molecule has 0 fully saturated rings. The lowest BCUT2D eigenvalue weighted by Crippen LogP contribution is -2.36. The highest BCUT2D eigenvalue weighted by Gasteiger charge is 2.16. The molecule has 0 unspecified atom stereocenters. The van der Waals surface area contributed by atoms with E-state index in [0.717, 1.165) is 12.8 Å². The van der Waals surface area contributed by atoms with Gasteiger partial charge in [0.25, 0.3) is 5.91 Å². The molecule has 2 rings (SSSR count). The van der Waals surface area contributed by atoms with E-state index < -0.39 is 10.0 Å². The number of sulfonamides is 1. The highest BCUT2D eigenvalue weighted by molar-refractivity contribution is 7.89. The maximum Gasteiger partial charge on any atom is 0.258 e. The van der Waals surface area contributed by atoms with Crippen LogP contribution in [0.1, 0.15) is 32.3 Å². The summed E-state index contributed by atoms with van der Waals surface area (Å²) in [6, 6.07) is 14.2. The average molecular weight is 439 g/mol. The van der Waals surface area contributed by atoms with Gasteiger partial charge in [0.15, 0.2) is 6.61 Å². The molecule has 0 aliphatic rings. The third-order valence-corrected chi connectivity index (χ3v) is 5.98. The van der Waals surface area contributed by atoms with Crippen LogP contribution >= 0.6 is 11.6 Å². The number of carbonyl (C=O) groups excluding carboxylic acids is 1. The van der Waals surface area contributed by atoms with Crippen LogP contribution in [0.15, 0.2) is 53.4 Å². The lowest BCUT2D eigenvalue weighted by molar-refractivity contribution is -0.123. The van der Waals surface area contributed by atoms with Crippen LogP contribution in [0.2, 0.25) is 5.02 Å². The molecular weight excluding hydrogens is 412 g/mol. The first kappa shape index (κ1) is 23.2. The number of aryl methyl sites for hydroxylation is 1. The maximum absolute atomic E-state index is 12.1. The maximum atomic E-state index is 12.1. The Hall–Kier alpha value is -2.09. The van der Waals surface area contributed by atoms with Gasteiger partial charge in [0.05, 0.1) is 9.92 Å². The Kier molecular flexibility index (Phi) is 8.95. The van der Waals surface area contributed by atoms with Crippen molar-refractivity contribution in [3.63, 3.8) is 0 Å². The van der Waals surface area contributed by atoms with Crippen molar-refractivity contribution >= 4 is 27.5 Å². The predicted molar refractivity (Wildman–Crippen MR) is 115 cm³/mol. The van der Waals surface area contributed by atoms with Crippen molar-refractivity contribution in [2.24, 2.45) is 0 Å². The van der Waals surface area contributed by atoms with Crippen molar-refractivity contribution in [3.8, 4) is 5.75 Å². The van der Waals surface area contributed by atoms with Crippen LogP contribution in [0, 0.1) is 0 Å². The third-order valence-electron chi connectivity index (χ3n) is 4.23. The van der Waals surface area contributed by atoms with Gasteiger partial charge in [0.1, 0.15) is 5.75 Å². The molecule has 1 atom stereocenters. The van der Waals surface area contributed by atoms with E-state index in [4.69, 9.17) is 16.3 Å². The quantitative estimate of drug-likeness (QED) is 0.562.